The number of carbonyl (C=O) groups excluding carboxylic acids is 2. The van der Waals surface area contributed by atoms with E-state index in [0.29, 0.717) is 5.82 Å². The molecule has 5 rings (SSSR count). The highest BCUT2D eigenvalue weighted by Crippen LogP contribution is 2.33. The van der Waals surface area contributed by atoms with Crippen molar-refractivity contribution in [3.8, 4) is 11.4 Å². The molecule has 2 atom stereocenters. The van der Waals surface area contributed by atoms with Gasteiger partial charge in [0.25, 0.3) is 11.8 Å². The molecule has 1 fully saturated rings. The zero-order valence-electron chi connectivity index (χ0n) is 15.1. The van der Waals surface area contributed by atoms with E-state index in [2.05, 4.69) is 36.4 Å². The first kappa shape index (κ1) is 18.6. The van der Waals surface area contributed by atoms with E-state index in [-0.39, 0.29) is 18.1 Å². The van der Waals surface area contributed by atoms with Gasteiger partial charge in [-0.05, 0) is 42.5 Å². The quantitative estimate of drug-likeness (QED) is 0.542. The minimum absolute atomic E-state index is 0.00417. The Morgan fingerprint density at radius 2 is 1.90 bits per heavy atom. The number of imide groups is 1. The summed E-state index contributed by atoms with van der Waals surface area (Å²) in [7, 11) is 0. The fourth-order valence-corrected chi connectivity index (χ4v) is 3.66. The van der Waals surface area contributed by atoms with Crippen LogP contribution in [0.2, 0.25) is 0 Å². The SMILES string of the molecule is O=C1[C@H]2N=NN(Cc3nc(-c4ccc(Br)cc4)no3)[C@H]2C(=O)N1c1cccc(F)c1. The Morgan fingerprint density at radius 3 is 2.67 bits per heavy atom. The fraction of sp³-hybridized carbons (Fsp3) is 0.158. The van der Waals surface area contributed by atoms with Gasteiger partial charge in [0.05, 0.1) is 5.69 Å². The number of hydrogen-bond acceptors (Lipinski definition) is 8. The third kappa shape index (κ3) is 3.07. The van der Waals surface area contributed by atoms with Gasteiger partial charge in [-0.25, -0.2) is 9.29 Å². The zero-order chi connectivity index (χ0) is 20.8. The third-order valence-corrected chi connectivity index (χ3v) is 5.32. The molecule has 0 saturated carbocycles. The van der Waals surface area contributed by atoms with Crippen molar-refractivity contribution < 1.29 is 18.5 Å². The van der Waals surface area contributed by atoms with Gasteiger partial charge in [0.15, 0.2) is 12.1 Å². The molecule has 2 aromatic carbocycles. The first-order valence-electron chi connectivity index (χ1n) is 8.90. The lowest BCUT2D eigenvalue weighted by Gasteiger charge is -2.19. The highest BCUT2D eigenvalue weighted by atomic mass is 79.9. The summed E-state index contributed by atoms with van der Waals surface area (Å²) in [5.41, 5.74) is 0.920. The van der Waals surface area contributed by atoms with Crippen LogP contribution in [0.15, 0.2) is 67.9 Å². The molecule has 11 heteroatoms. The maximum Gasteiger partial charge on any atom is 0.263 e. The number of halogens is 2. The first-order chi connectivity index (χ1) is 14.5. The second-order valence-corrected chi connectivity index (χ2v) is 7.62. The molecule has 3 aromatic rings. The predicted octanol–water partition coefficient (Wildman–Crippen LogP) is 3.13. The van der Waals surface area contributed by atoms with Gasteiger partial charge in [-0.1, -0.05) is 32.4 Å². The number of nitrogens with zero attached hydrogens (tertiary/aromatic N) is 6. The van der Waals surface area contributed by atoms with E-state index in [1.807, 2.05) is 24.3 Å². The summed E-state index contributed by atoms with van der Waals surface area (Å²) in [6.45, 7) is 0.00417. The van der Waals surface area contributed by atoms with Crippen LogP contribution in [0.4, 0.5) is 10.1 Å². The number of carbonyl (C=O) groups is 2. The molecule has 0 spiro atoms. The van der Waals surface area contributed by atoms with Crippen molar-refractivity contribution in [3.63, 3.8) is 0 Å². The van der Waals surface area contributed by atoms with Crippen LogP contribution in [-0.2, 0) is 16.1 Å². The molecule has 0 unspecified atom stereocenters. The molecular weight excluding hydrogens is 459 g/mol. The Labute approximate surface area is 177 Å². The largest absolute Gasteiger partial charge is 0.337 e. The number of benzene rings is 2. The number of anilines is 1. The molecule has 0 N–H and O–H groups in total. The van der Waals surface area contributed by atoms with Crippen LogP contribution in [0.3, 0.4) is 0 Å². The van der Waals surface area contributed by atoms with E-state index >= 15 is 0 Å². The van der Waals surface area contributed by atoms with Gasteiger partial charge in [0, 0.05) is 10.0 Å². The summed E-state index contributed by atoms with van der Waals surface area (Å²) >= 11 is 3.37. The van der Waals surface area contributed by atoms with E-state index in [1.54, 1.807) is 0 Å². The number of amides is 2. The minimum atomic E-state index is -0.991. The fourth-order valence-electron chi connectivity index (χ4n) is 3.40. The lowest BCUT2D eigenvalue weighted by Crippen LogP contribution is -2.39. The van der Waals surface area contributed by atoms with Crippen LogP contribution in [0, 0.1) is 5.82 Å². The Balaban J connectivity index is 1.36. The summed E-state index contributed by atoms with van der Waals surface area (Å²) in [4.78, 5) is 30.8. The normalized spacial score (nSPS) is 20.3. The molecule has 3 heterocycles. The van der Waals surface area contributed by atoms with Crippen LogP contribution < -0.4 is 4.90 Å². The molecule has 9 nitrogen and oxygen atoms in total. The van der Waals surface area contributed by atoms with Gasteiger partial charge < -0.3 is 4.52 Å². The van der Waals surface area contributed by atoms with Crippen molar-refractivity contribution in [2.24, 2.45) is 10.3 Å². The number of hydrogen-bond donors (Lipinski definition) is 0. The van der Waals surface area contributed by atoms with E-state index in [4.69, 9.17) is 4.52 Å². The van der Waals surface area contributed by atoms with E-state index in [0.717, 1.165) is 21.0 Å². The second kappa shape index (κ2) is 7.10. The van der Waals surface area contributed by atoms with Gasteiger partial charge in [-0.3, -0.25) is 14.6 Å². The first-order valence-corrected chi connectivity index (χ1v) is 9.70. The lowest BCUT2D eigenvalue weighted by molar-refractivity contribution is -0.123. The van der Waals surface area contributed by atoms with Crippen molar-refractivity contribution in [2.75, 3.05) is 4.90 Å². The summed E-state index contributed by atoms with van der Waals surface area (Å²) in [6, 6.07) is 10.7. The molecule has 2 aliphatic heterocycles. The van der Waals surface area contributed by atoms with Crippen molar-refractivity contribution in [1.82, 2.24) is 15.1 Å². The average molecular weight is 471 g/mol. The molecular formula is C19H12BrFN6O3. The van der Waals surface area contributed by atoms with Gasteiger partial charge in [-0.15, -0.1) is 0 Å². The van der Waals surface area contributed by atoms with E-state index in [9.17, 15) is 14.0 Å². The molecule has 1 saturated heterocycles. The van der Waals surface area contributed by atoms with Gasteiger partial charge in [-0.2, -0.15) is 10.1 Å². The summed E-state index contributed by atoms with van der Waals surface area (Å²) in [6.07, 6.45) is 0. The molecule has 150 valence electrons. The molecule has 2 amide bonds. The zero-order valence-corrected chi connectivity index (χ0v) is 16.7. The molecule has 0 bridgehead atoms. The van der Waals surface area contributed by atoms with Crippen molar-refractivity contribution in [1.29, 1.82) is 0 Å². The molecule has 30 heavy (non-hydrogen) atoms. The van der Waals surface area contributed by atoms with Crippen LogP contribution in [0.25, 0.3) is 11.4 Å². The number of aromatic nitrogens is 2. The van der Waals surface area contributed by atoms with Gasteiger partial charge in [0.2, 0.25) is 11.7 Å². The Hall–Kier alpha value is -3.47. The summed E-state index contributed by atoms with van der Waals surface area (Å²) in [5.74, 6) is -1.02. The highest BCUT2D eigenvalue weighted by Gasteiger charge is 2.55. The summed E-state index contributed by atoms with van der Waals surface area (Å²) < 4.78 is 19.8. The van der Waals surface area contributed by atoms with Crippen LogP contribution in [-0.4, -0.2) is 39.0 Å². The Bertz CT molecular complexity index is 1180. The topological polar surface area (TPSA) is 104 Å². The van der Waals surface area contributed by atoms with Crippen molar-refractivity contribution in [2.45, 2.75) is 18.6 Å². The molecule has 2 aliphatic rings. The second-order valence-electron chi connectivity index (χ2n) is 6.70. The molecule has 0 aliphatic carbocycles. The lowest BCUT2D eigenvalue weighted by atomic mass is 10.1. The number of fused-ring (bicyclic) bond motifs is 1. The predicted molar refractivity (Wildman–Crippen MR) is 104 cm³/mol. The smallest absolute Gasteiger partial charge is 0.263 e. The summed E-state index contributed by atoms with van der Waals surface area (Å²) in [5, 5.41) is 13.1. The van der Waals surface area contributed by atoms with Crippen molar-refractivity contribution in [3.05, 3.63) is 64.7 Å². The monoisotopic (exact) mass is 470 g/mol. The van der Waals surface area contributed by atoms with Crippen LogP contribution in [0.1, 0.15) is 5.89 Å². The van der Waals surface area contributed by atoms with E-state index in [1.165, 1.54) is 23.2 Å². The maximum atomic E-state index is 13.6. The molecule has 0 radical (unpaired) electrons. The van der Waals surface area contributed by atoms with Crippen LogP contribution in [0.5, 0.6) is 0 Å². The Morgan fingerprint density at radius 1 is 1.10 bits per heavy atom. The number of rotatable bonds is 4. The standard InChI is InChI=1S/C19H12BrFN6O3/c20-11-6-4-10(5-7-11)17-22-14(30-24-17)9-26-16-15(23-25-26)18(28)27(19(16)29)13-3-1-2-12(21)8-13/h1-8,15-16H,9H2/t15-,16+/m0/s1. The van der Waals surface area contributed by atoms with Crippen molar-refractivity contribution >= 4 is 33.4 Å². The van der Waals surface area contributed by atoms with Crippen LogP contribution >= 0.6 is 15.9 Å². The van der Waals surface area contributed by atoms with Gasteiger partial charge in [0.1, 0.15) is 12.4 Å². The highest BCUT2D eigenvalue weighted by molar-refractivity contribution is 9.10. The Kier molecular flexibility index (Phi) is 4.39. The average Bonchev–Trinajstić information content (AvgIpc) is 3.41. The van der Waals surface area contributed by atoms with E-state index < -0.39 is 29.7 Å². The minimum Gasteiger partial charge on any atom is -0.337 e. The van der Waals surface area contributed by atoms with Gasteiger partial charge >= 0.3 is 0 Å². The third-order valence-electron chi connectivity index (χ3n) is 4.79. The molecule has 1 aromatic heterocycles. The maximum absolute atomic E-state index is 13.6.